The number of pyridine rings is 1. The van der Waals surface area contributed by atoms with Gasteiger partial charge in [-0.25, -0.2) is 4.98 Å². The number of aromatic nitrogens is 1. The van der Waals surface area contributed by atoms with Crippen molar-refractivity contribution >= 4 is 23.4 Å². The van der Waals surface area contributed by atoms with Gasteiger partial charge in [-0.05, 0) is 24.3 Å². The van der Waals surface area contributed by atoms with Crippen molar-refractivity contribution in [1.82, 2.24) is 4.98 Å². The molecular weight excluding hydrogens is 300 g/mol. The van der Waals surface area contributed by atoms with Crippen molar-refractivity contribution in [3.8, 4) is 11.5 Å². The number of carbonyl (C=O) groups excluding carboxylic acids is 1. The predicted molar refractivity (Wildman–Crippen MR) is 83.7 cm³/mol. The normalized spacial score (nSPS) is 19.5. The molecule has 2 aliphatic rings. The number of hydrogen-bond donors (Lipinski definition) is 0. The van der Waals surface area contributed by atoms with Crippen LogP contribution in [0.4, 0.5) is 5.69 Å². The van der Waals surface area contributed by atoms with E-state index in [0.717, 1.165) is 16.5 Å². The van der Waals surface area contributed by atoms with Crippen LogP contribution in [0.15, 0.2) is 47.6 Å². The predicted octanol–water partition coefficient (Wildman–Crippen LogP) is 2.36. The van der Waals surface area contributed by atoms with Gasteiger partial charge >= 0.3 is 0 Å². The highest BCUT2D eigenvalue weighted by Crippen LogP contribution is 2.35. The fraction of sp³-hybridized carbons (Fsp3) is 0.250. The smallest absolute Gasteiger partial charge is 0.271 e. The molecule has 1 atom stereocenters. The maximum absolute atomic E-state index is 12.8. The highest BCUT2D eigenvalue weighted by molar-refractivity contribution is 7.99. The fourth-order valence-electron chi connectivity index (χ4n) is 2.60. The molecule has 0 fully saturated rings. The summed E-state index contributed by atoms with van der Waals surface area (Å²) < 4.78 is 11.5. The minimum Gasteiger partial charge on any atom is -0.485 e. The summed E-state index contributed by atoms with van der Waals surface area (Å²) in [4.78, 5) is 18.9. The zero-order chi connectivity index (χ0) is 14.9. The van der Waals surface area contributed by atoms with Crippen LogP contribution < -0.4 is 14.4 Å². The maximum atomic E-state index is 12.8. The number of carbonyl (C=O) groups is 1. The number of amides is 1. The number of thioether (sulfide) groups is 1. The van der Waals surface area contributed by atoms with Crippen LogP contribution in [0.25, 0.3) is 0 Å². The molecule has 112 valence electrons. The molecule has 2 aliphatic heterocycles. The molecule has 1 unspecified atom stereocenters. The Labute approximate surface area is 132 Å². The lowest BCUT2D eigenvalue weighted by atomic mass is 10.2. The summed E-state index contributed by atoms with van der Waals surface area (Å²) >= 11 is 1.67. The lowest BCUT2D eigenvalue weighted by molar-refractivity contribution is -0.127. The van der Waals surface area contributed by atoms with E-state index in [1.807, 2.05) is 36.4 Å². The highest BCUT2D eigenvalue weighted by Gasteiger charge is 2.34. The molecule has 0 aliphatic carbocycles. The van der Waals surface area contributed by atoms with Crippen LogP contribution in [0.2, 0.25) is 0 Å². The Morgan fingerprint density at radius 3 is 3.00 bits per heavy atom. The van der Waals surface area contributed by atoms with Crippen LogP contribution in [0.3, 0.4) is 0 Å². The Kier molecular flexibility index (Phi) is 3.38. The first-order valence-electron chi connectivity index (χ1n) is 7.10. The van der Waals surface area contributed by atoms with Gasteiger partial charge in [-0.2, -0.15) is 0 Å². The van der Waals surface area contributed by atoms with Gasteiger partial charge in [-0.15, -0.1) is 11.8 Å². The molecule has 1 aromatic carbocycles. The fourth-order valence-corrected chi connectivity index (χ4v) is 3.53. The largest absolute Gasteiger partial charge is 0.485 e. The average molecular weight is 314 g/mol. The Morgan fingerprint density at radius 2 is 2.09 bits per heavy atom. The SMILES string of the molecule is O=C(C1COc2ccccc2O1)N1CCSc2ncccc21. The van der Waals surface area contributed by atoms with Gasteiger partial charge in [0.05, 0.1) is 5.69 Å². The molecular formula is C16H14N2O3S. The van der Waals surface area contributed by atoms with E-state index in [1.165, 1.54) is 0 Å². The number of fused-ring (bicyclic) bond motifs is 2. The number of para-hydroxylation sites is 2. The van der Waals surface area contributed by atoms with Crippen LogP contribution in [0, 0.1) is 0 Å². The first-order valence-corrected chi connectivity index (χ1v) is 8.09. The van der Waals surface area contributed by atoms with Gasteiger partial charge in [0.2, 0.25) is 6.10 Å². The van der Waals surface area contributed by atoms with E-state index in [1.54, 1.807) is 22.9 Å². The molecule has 2 aromatic rings. The van der Waals surface area contributed by atoms with Gasteiger partial charge < -0.3 is 14.4 Å². The zero-order valence-electron chi connectivity index (χ0n) is 11.8. The molecule has 0 saturated heterocycles. The van der Waals surface area contributed by atoms with E-state index in [-0.39, 0.29) is 12.5 Å². The second-order valence-corrected chi connectivity index (χ2v) is 6.11. The molecule has 0 radical (unpaired) electrons. The summed E-state index contributed by atoms with van der Waals surface area (Å²) in [7, 11) is 0. The molecule has 1 aromatic heterocycles. The van der Waals surface area contributed by atoms with Crippen LogP contribution in [0.1, 0.15) is 0 Å². The monoisotopic (exact) mass is 314 g/mol. The molecule has 0 spiro atoms. The quantitative estimate of drug-likeness (QED) is 0.809. The van der Waals surface area contributed by atoms with Gasteiger partial charge in [-0.1, -0.05) is 12.1 Å². The van der Waals surface area contributed by atoms with Gasteiger partial charge in [0.15, 0.2) is 11.5 Å². The molecule has 5 nitrogen and oxygen atoms in total. The van der Waals surface area contributed by atoms with Gasteiger partial charge in [0, 0.05) is 18.5 Å². The second kappa shape index (κ2) is 5.53. The number of benzene rings is 1. The summed E-state index contributed by atoms with van der Waals surface area (Å²) in [6.07, 6.45) is 1.13. The molecule has 0 N–H and O–H groups in total. The van der Waals surface area contributed by atoms with Crippen LogP contribution in [0.5, 0.6) is 11.5 Å². The van der Waals surface area contributed by atoms with Crippen LogP contribution >= 0.6 is 11.8 Å². The van der Waals surface area contributed by atoms with E-state index >= 15 is 0 Å². The van der Waals surface area contributed by atoms with E-state index < -0.39 is 6.10 Å². The van der Waals surface area contributed by atoms with Gasteiger partial charge in [0.25, 0.3) is 5.91 Å². The highest BCUT2D eigenvalue weighted by atomic mass is 32.2. The number of ether oxygens (including phenoxy) is 2. The van der Waals surface area contributed by atoms with Crippen molar-refractivity contribution < 1.29 is 14.3 Å². The number of rotatable bonds is 1. The summed E-state index contributed by atoms with van der Waals surface area (Å²) in [5.74, 6) is 2.05. The minimum atomic E-state index is -0.619. The van der Waals surface area contributed by atoms with Crippen molar-refractivity contribution in [2.24, 2.45) is 0 Å². The third-order valence-electron chi connectivity index (χ3n) is 3.65. The Hall–Kier alpha value is -2.21. The van der Waals surface area contributed by atoms with Crippen molar-refractivity contribution in [3.63, 3.8) is 0 Å². The standard InChI is InChI=1S/C16H14N2O3S/c19-16(14-10-20-12-5-1-2-6-13(12)21-14)18-8-9-22-15-11(18)4-3-7-17-15/h1-7,14H,8-10H2. The first-order chi connectivity index (χ1) is 10.8. The summed E-state index contributed by atoms with van der Waals surface area (Å²) in [5, 5.41) is 0.888. The molecule has 4 rings (SSSR count). The molecule has 0 saturated carbocycles. The third kappa shape index (κ3) is 2.29. The minimum absolute atomic E-state index is 0.0796. The average Bonchev–Trinajstić information content (AvgIpc) is 2.60. The van der Waals surface area contributed by atoms with Crippen LogP contribution in [-0.4, -0.2) is 35.9 Å². The van der Waals surface area contributed by atoms with Crippen molar-refractivity contribution in [3.05, 3.63) is 42.6 Å². The molecule has 1 amide bonds. The summed E-state index contributed by atoms with van der Waals surface area (Å²) in [5.41, 5.74) is 0.853. The van der Waals surface area contributed by atoms with Crippen molar-refractivity contribution in [1.29, 1.82) is 0 Å². The zero-order valence-corrected chi connectivity index (χ0v) is 12.6. The summed E-state index contributed by atoms with van der Waals surface area (Å²) in [6, 6.07) is 11.2. The van der Waals surface area contributed by atoms with E-state index in [9.17, 15) is 4.79 Å². The third-order valence-corrected chi connectivity index (χ3v) is 4.62. The second-order valence-electron chi connectivity index (χ2n) is 5.03. The Balaban J connectivity index is 1.59. The van der Waals surface area contributed by atoms with E-state index in [0.29, 0.717) is 18.0 Å². The first kappa shape index (κ1) is 13.5. The number of anilines is 1. The number of nitrogens with zero attached hydrogens (tertiary/aromatic N) is 2. The molecule has 6 heteroatoms. The molecule has 0 bridgehead atoms. The Bertz CT molecular complexity index is 722. The summed E-state index contributed by atoms with van der Waals surface area (Å²) in [6.45, 7) is 0.888. The Morgan fingerprint density at radius 1 is 1.23 bits per heavy atom. The van der Waals surface area contributed by atoms with E-state index in [2.05, 4.69) is 4.98 Å². The molecule has 22 heavy (non-hydrogen) atoms. The van der Waals surface area contributed by atoms with Crippen molar-refractivity contribution in [2.75, 3.05) is 23.8 Å². The number of hydrogen-bond acceptors (Lipinski definition) is 5. The maximum Gasteiger partial charge on any atom is 0.271 e. The topological polar surface area (TPSA) is 51.7 Å². The van der Waals surface area contributed by atoms with Crippen molar-refractivity contribution in [2.45, 2.75) is 11.1 Å². The van der Waals surface area contributed by atoms with Gasteiger partial charge in [0.1, 0.15) is 11.6 Å². The lowest BCUT2D eigenvalue weighted by Crippen LogP contribution is -2.48. The van der Waals surface area contributed by atoms with Crippen LogP contribution in [-0.2, 0) is 4.79 Å². The lowest BCUT2D eigenvalue weighted by Gasteiger charge is -2.33. The van der Waals surface area contributed by atoms with Gasteiger partial charge in [-0.3, -0.25) is 4.79 Å². The van der Waals surface area contributed by atoms with E-state index in [4.69, 9.17) is 9.47 Å². The molecule has 3 heterocycles.